The van der Waals surface area contributed by atoms with Crippen LogP contribution in [0.1, 0.15) is 56.2 Å². The maximum Gasteiger partial charge on any atom is 0.316 e. The number of hydrogen-bond acceptors (Lipinski definition) is 5. The summed E-state index contributed by atoms with van der Waals surface area (Å²) in [5.74, 6) is 1.07. The Kier molecular flexibility index (Phi) is 8.32. The Morgan fingerprint density at radius 2 is 1.81 bits per heavy atom. The highest BCUT2D eigenvalue weighted by Gasteiger charge is 2.44. The lowest BCUT2D eigenvalue weighted by Gasteiger charge is -2.40. The quantitative estimate of drug-likeness (QED) is 0.585. The summed E-state index contributed by atoms with van der Waals surface area (Å²) >= 11 is 0. The predicted molar refractivity (Wildman–Crippen MR) is 127 cm³/mol. The standard InChI is InChI=1S/C27H37NO4/c1-5-31-26(30)27(22-9-7-6-8-10-22)13-15-28(16-14-27)18-23(29)19-32-25-17-21(4)11-12-24(25)20(2)3/h6-12,17,20,23,29H,5,13-16,18-19H2,1-4H3/t23-/m1/s1. The van der Waals surface area contributed by atoms with Crippen LogP contribution in [0.5, 0.6) is 5.75 Å². The molecule has 2 aromatic carbocycles. The number of likely N-dealkylation sites (tertiary alicyclic amines) is 1. The average Bonchev–Trinajstić information content (AvgIpc) is 2.79. The van der Waals surface area contributed by atoms with Crippen LogP contribution in [0.15, 0.2) is 48.5 Å². The van der Waals surface area contributed by atoms with Gasteiger partial charge in [0, 0.05) is 6.54 Å². The van der Waals surface area contributed by atoms with Crippen LogP contribution in [0.3, 0.4) is 0 Å². The molecule has 0 spiro atoms. The molecule has 0 saturated carbocycles. The normalized spacial score (nSPS) is 17.2. The van der Waals surface area contributed by atoms with Crippen molar-refractivity contribution in [3.8, 4) is 5.75 Å². The van der Waals surface area contributed by atoms with Crippen molar-refractivity contribution in [1.29, 1.82) is 0 Å². The Morgan fingerprint density at radius 1 is 1.12 bits per heavy atom. The molecule has 0 aromatic heterocycles. The number of aliphatic hydroxyl groups is 1. The fourth-order valence-electron chi connectivity index (χ4n) is 4.53. The van der Waals surface area contributed by atoms with Crippen LogP contribution in [0.2, 0.25) is 0 Å². The van der Waals surface area contributed by atoms with Crippen molar-refractivity contribution in [2.24, 2.45) is 0 Å². The van der Waals surface area contributed by atoms with Gasteiger partial charge in [0.1, 0.15) is 18.5 Å². The number of aryl methyl sites for hydroxylation is 1. The minimum absolute atomic E-state index is 0.143. The molecule has 1 N–H and O–H groups in total. The summed E-state index contributed by atoms with van der Waals surface area (Å²) in [4.78, 5) is 15.1. The number of esters is 1. The number of carbonyl (C=O) groups is 1. The SMILES string of the molecule is CCOC(=O)C1(c2ccccc2)CCN(C[C@@H](O)COc2cc(C)ccc2C(C)C)CC1. The van der Waals surface area contributed by atoms with E-state index in [1.807, 2.05) is 50.2 Å². The van der Waals surface area contributed by atoms with Gasteiger partial charge in [-0.15, -0.1) is 0 Å². The number of nitrogens with zero attached hydrogens (tertiary/aromatic N) is 1. The fourth-order valence-corrected chi connectivity index (χ4v) is 4.53. The zero-order chi connectivity index (χ0) is 23.1. The van der Waals surface area contributed by atoms with Crippen molar-refractivity contribution in [2.45, 2.75) is 58.0 Å². The second-order valence-corrected chi connectivity index (χ2v) is 9.13. The highest BCUT2D eigenvalue weighted by Crippen LogP contribution is 2.37. The smallest absolute Gasteiger partial charge is 0.316 e. The molecule has 0 bridgehead atoms. The Hall–Kier alpha value is -2.37. The molecule has 1 saturated heterocycles. The van der Waals surface area contributed by atoms with Crippen LogP contribution in [0.4, 0.5) is 0 Å². The number of rotatable bonds is 9. The number of hydrogen-bond donors (Lipinski definition) is 1. The van der Waals surface area contributed by atoms with Crippen molar-refractivity contribution in [3.05, 3.63) is 65.2 Å². The Morgan fingerprint density at radius 3 is 2.44 bits per heavy atom. The number of benzene rings is 2. The fraction of sp³-hybridized carbons (Fsp3) is 0.519. The summed E-state index contributed by atoms with van der Waals surface area (Å²) < 4.78 is 11.5. The molecule has 0 unspecified atom stereocenters. The minimum Gasteiger partial charge on any atom is -0.491 e. The van der Waals surface area contributed by atoms with E-state index >= 15 is 0 Å². The topological polar surface area (TPSA) is 59.0 Å². The second-order valence-electron chi connectivity index (χ2n) is 9.13. The van der Waals surface area contributed by atoms with E-state index in [0.717, 1.165) is 35.5 Å². The van der Waals surface area contributed by atoms with Crippen LogP contribution in [-0.2, 0) is 14.9 Å². The summed E-state index contributed by atoms with van der Waals surface area (Å²) in [5.41, 5.74) is 2.71. The van der Waals surface area contributed by atoms with E-state index in [1.54, 1.807) is 0 Å². The highest BCUT2D eigenvalue weighted by molar-refractivity contribution is 5.83. The largest absolute Gasteiger partial charge is 0.491 e. The van der Waals surface area contributed by atoms with Gasteiger partial charge < -0.3 is 19.5 Å². The number of piperidine rings is 1. The van der Waals surface area contributed by atoms with Gasteiger partial charge in [-0.05, 0) is 68.5 Å². The number of β-amino-alcohol motifs (C(OH)–C–C–N with tert-alkyl or cyclic N) is 1. The van der Waals surface area contributed by atoms with Crippen LogP contribution in [0, 0.1) is 6.92 Å². The third kappa shape index (κ3) is 5.70. The molecular formula is C27H37NO4. The van der Waals surface area contributed by atoms with E-state index in [2.05, 4.69) is 30.9 Å². The lowest BCUT2D eigenvalue weighted by molar-refractivity contribution is -0.152. The minimum atomic E-state index is -0.608. The van der Waals surface area contributed by atoms with Crippen molar-refractivity contribution >= 4 is 5.97 Å². The van der Waals surface area contributed by atoms with E-state index in [1.165, 1.54) is 0 Å². The van der Waals surface area contributed by atoms with E-state index in [0.29, 0.717) is 31.9 Å². The lowest BCUT2D eigenvalue weighted by Crippen LogP contribution is -2.50. The molecule has 1 heterocycles. The number of aliphatic hydroxyl groups excluding tert-OH is 1. The zero-order valence-electron chi connectivity index (χ0n) is 19.8. The Labute approximate surface area is 192 Å². The molecule has 2 aromatic rings. The van der Waals surface area contributed by atoms with Crippen molar-refractivity contribution in [3.63, 3.8) is 0 Å². The lowest BCUT2D eigenvalue weighted by atomic mass is 9.72. The van der Waals surface area contributed by atoms with Crippen LogP contribution < -0.4 is 4.74 Å². The van der Waals surface area contributed by atoms with E-state index in [4.69, 9.17) is 9.47 Å². The van der Waals surface area contributed by atoms with Crippen LogP contribution in [0.25, 0.3) is 0 Å². The Balaban J connectivity index is 1.59. The molecule has 1 fully saturated rings. The first-order chi connectivity index (χ1) is 15.4. The van der Waals surface area contributed by atoms with Crippen molar-refractivity contribution < 1.29 is 19.4 Å². The molecule has 3 rings (SSSR count). The summed E-state index contributed by atoms with van der Waals surface area (Å²) in [6.07, 6.45) is 0.764. The zero-order valence-corrected chi connectivity index (χ0v) is 19.8. The third-order valence-corrected chi connectivity index (χ3v) is 6.39. The van der Waals surface area contributed by atoms with E-state index in [-0.39, 0.29) is 12.6 Å². The molecular weight excluding hydrogens is 402 g/mol. The molecule has 5 heteroatoms. The molecule has 0 aliphatic carbocycles. The molecule has 0 radical (unpaired) electrons. The van der Waals surface area contributed by atoms with Gasteiger partial charge in [0.25, 0.3) is 0 Å². The molecule has 1 aliphatic rings. The average molecular weight is 440 g/mol. The van der Waals surface area contributed by atoms with Crippen LogP contribution in [-0.4, -0.2) is 54.9 Å². The Bertz CT molecular complexity index is 872. The second kappa shape index (κ2) is 11.0. The van der Waals surface area contributed by atoms with E-state index < -0.39 is 11.5 Å². The maximum absolute atomic E-state index is 12.9. The summed E-state index contributed by atoms with van der Waals surface area (Å²) in [5, 5.41) is 10.6. The van der Waals surface area contributed by atoms with Crippen molar-refractivity contribution in [2.75, 3.05) is 32.8 Å². The van der Waals surface area contributed by atoms with Gasteiger partial charge in [-0.3, -0.25) is 4.79 Å². The first kappa shape index (κ1) is 24.3. The van der Waals surface area contributed by atoms with Gasteiger partial charge in [-0.1, -0.05) is 56.3 Å². The molecule has 32 heavy (non-hydrogen) atoms. The molecule has 5 nitrogen and oxygen atoms in total. The van der Waals surface area contributed by atoms with Gasteiger partial charge in [-0.25, -0.2) is 0 Å². The van der Waals surface area contributed by atoms with Gasteiger partial charge in [0.05, 0.1) is 12.0 Å². The molecule has 1 aliphatic heterocycles. The van der Waals surface area contributed by atoms with Crippen LogP contribution >= 0.6 is 0 Å². The molecule has 174 valence electrons. The van der Waals surface area contributed by atoms with Gasteiger partial charge >= 0.3 is 5.97 Å². The maximum atomic E-state index is 12.9. The van der Waals surface area contributed by atoms with E-state index in [9.17, 15) is 9.90 Å². The van der Waals surface area contributed by atoms with Crippen molar-refractivity contribution in [1.82, 2.24) is 4.90 Å². The molecule has 1 atom stereocenters. The summed E-state index contributed by atoms with van der Waals surface area (Å²) in [6, 6.07) is 16.2. The van der Waals surface area contributed by atoms with Gasteiger partial charge in [-0.2, -0.15) is 0 Å². The predicted octanol–water partition coefficient (Wildman–Crippen LogP) is 4.46. The van der Waals surface area contributed by atoms with Gasteiger partial charge in [0.2, 0.25) is 0 Å². The molecule has 0 amide bonds. The number of ether oxygens (including phenoxy) is 2. The summed E-state index contributed by atoms with van der Waals surface area (Å²) in [7, 11) is 0. The monoisotopic (exact) mass is 439 g/mol. The summed E-state index contributed by atoms with van der Waals surface area (Å²) in [6.45, 7) is 10.8. The number of carbonyl (C=O) groups excluding carboxylic acids is 1. The third-order valence-electron chi connectivity index (χ3n) is 6.39. The highest BCUT2D eigenvalue weighted by atomic mass is 16.5. The first-order valence-corrected chi connectivity index (χ1v) is 11.7. The van der Waals surface area contributed by atoms with Gasteiger partial charge in [0.15, 0.2) is 0 Å². The first-order valence-electron chi connectivity index (χ1n) is 11.7.